The highest BCUT2D eigenvalue weighted by Crippen LogP contribution is 2.33. The van der Waals surface area contributed by atoms with Crippen LogP contribution in [0.2, 0.25) is 5.02 Å². The summed E-state index contributed by atoms with van der Waals surface area (Å²) in [6.07, 6.45) is 3.53. The molecule has 2 aromatic carbocycles. The zero-order valence-corrected chi connectivity index (χ0v) is 17.9. The van der Waals surface area contributed by atoms with E-state index < -0.39 is 0 Å². The van der Waals surface area contributed by atoms with Gasteiger partial charge in [-0.25, -0.2) is 4.98 Å². The largest absolute Gasteiger partial charge is 0.486 e. The van der Waals surface area contributed by atoms with Gasteiger partial charge in [-0.15, -0.1) is 11.3 Å². The molecule has 0 radical (unpaired) electrons. The van der Waals surface area contributed by atoms with Crippen LogP contribution < -0.4 is 4.74 Å². The summed E-state index contributed by atoms with van der Waals surface area (Å²) in [5.41, 5.74) is 3.44. The number of halogens is 1. The predicted molar refractivity (Wildman–Crippen MR) is 116 cm³/mol. The van der Waals surface area contributed by atoms with Crippen LogP contribution in [0.5, 0.6) is 5.75 Å². The van der Waals surface area contributed by atoms with Gasteiger partial charge in [0.05, 0.1) is 18.2 Å². The Hall–Kier alpha value is -2.37. The minimum atomic E-state index is 0.0992. The van der Waals surface area contributed by atoms with Gasteiger partial charge in [-0.05, 0) is 54.7 Å². The number of fused-ring (bicyclic) bond motifs is 1. The maximum atomic E-state index is 12.9. The third-order valence-corrected chi connectivity index (χ3v) is 6.43. The molecule has 1 atom stereocenters. The van der Waals surface area contributed by atoms with Crippen molar-refractivity contribution in [2.24, 2.45) is 0 Å². The van der Waals surface area contributed by atoms with Crippen LogP contribution in [0, 0.1) is 0 Å². The number of likely N-dealkylation sites (N-methyl/N-ethyl adjacent to an activating group) is 1. The Kier molecular flexibility index (Phi) is 6.16. The van der Waals surface area contributed by atoms with Crippen LogP contribution in [0.15, 0.2) is 53.9 Å². The zero-order valence-electron chi connectivity index (χ0n) is 16.3. The fraction of sp³-hybridized carbons (Fsp3) is 0.304. The summed E-state index contributed by atoms with van der Waals surface area (Å²) in [6.45, 7) is 0.381. The SMILES string of the molecule is CN(C(=O)Cc1csc(COc2ccc(Cl)cc2)n1)C1CCCc2ccccc21. The van der Waals surface area contributed by atoms with Crippen molar-refractivity contribution in [2.75, 3.05) is 7.05 Å². The number of benzene rings is 2. The fourth-order valence-electron chi connectivity index (χ4n) is 3.76. The van der Waals surface area contributed by atoms with Crippen LogP contribution in [-0.2, 0) is 24.2 Å². The summed E-state index contributed by atoms with van der Waals surface area (Å²) < 4.78 is 5.74. The van der Waals surface area contributed by atoms with Crippen molar-refractivity contribution in [3.05, 3.63) is 80.8 Å². The monoisotopic (exact) mass is 426 g/mol. The molecule has 0 N–H and O–H groups in total. The quantitative estimate of drug-likeness (QED) is 0.526. The van der Waals surface area contributed by atoms with E-state index in [-0.39, 0.29) is 11.9 Å². The van der Waals surface area contributed by atoms with E-state index in [9.17, 15) is 4.79 Å². The Bertz CT molecular complexity index is 987. The van der Waals surface area contributed by atoms with Crippen LogP contribution in [0.3, 0.4) is 0 Å². The Balaban J connectivity index is 1.36. The number of carbonyl (C=O) groups is 1. The summed E-state index contributed by atoms with van der Waals surface area (Å²) in [7, 11) is 1.91. The van der Waals surface area contributed by atoms with Crippen LogP contribution in [0.1, 0.15) is 40.7 Å². The minimum absolute atomic E-state index is 0.0992. The topological polar surface area (TPSA) is 42.4 Å². The molecule has 3 aromatic rings. The smallest absolute Gasteiger partial charge is 0.228 e. The van der Waals surface area contributed by atoms with Gasteiger partial charge in [-0.2, -0.15) is 0 Å². The number of rotatable bonds is 6. The second-order valence-electron chi connectivity index (χ2n) is 7.26. The average molecular weight is 427 g/mol. The summed E-state index contributed by atoms with van der Waals surface area (Å²) >= 11 is 7.41. The zero-order chi connectivity index (χ0) is 20.2. The highest BCUT2D eigenvalue weighted by molar-refractivity contribution is 7.09. The van der Waals surface area contributed by atoms with Gasteiger partial charge in [0.1, 0.15) is 17.4 Å². The number of carbonyl (C=O) groups excluding carboxylic acids is 1. The average Bonchev–Trinajstić information content (AvgIpc) is 3.19. The molecule has 4 rings (SSSR count). The first-order chi connectivity index (χ1) is 14.1. The molecule has 1 aliphatic carbocycles. The second-order valence-corrected chi connectivity index (χ2v) is 8.64. The summed E-state index contributed by atoms with van der Waals surface area (Å²) in [5, 5.41) is 3.48. The number of ether oxygens (including phenoxy) is 1. The highest BCUT2D eigenvalue weighted by atomic mass is 35.5. The number of hydrogen-bond donors (Lipinski definition) is 0. The Morgan fingerprint density at radius 3 is 2.86 bits per heavy atom. The summed E-state index contributed by atoms with van der Waals surface area (Å²) in [5.74, 6) is 0.847. The van der Waals surface area contributed by atoms with Gasteiger partial charge in [0, 0.05) is 17.5 Å². The van der Waals surface area contributed by atoms with Gasteiger partial charge < -0.3 is 9.64 Å². The summed E-state index contributed by atoms with van der Waals surface area (Å²) in [6, 6.07) is 15.9. The molecule has 29 heavy (non-hydrogen) atoms. The van der Waals surface area contributed by atoms with Gasteiger partial charge in [0.2, 0.25) is 5.91 Å². The lowest BCUT2D eigenvalue weighted by atomic mass is 9.87. The molecule has 1 heterocycles. The van der Waals surface area contributed by atoms with E-state index in [1.54, 1.807) is 12.1 Å². The van der Waals surface area contributed by atoms with Crippen LogP contribution in [0.25, 0.3) is 0 Å². The molecule has 150 valence electrons. The van der Waals surface area contributed by atoms with E-state index in [4.69, 9.17) is 16.3 Å². The van der Waals surface area contributed by atoms with Crippen molar-refractivity contribution in [3.8, 4) is 5.75 Å². The summed E-state index contributed by atoms with van der Waals surface area (Å²) in [4.78, 5) is 19.4. The van der Waals surface area contributed by atoms with Gasteiger partial charge in [-0.1, -0.05) is 35.9 Å². The highest BCUT2D eigenvalue weighted by Gasteiger charge is 2.26. The molecular weight excluding hydrogens is 404 g/mol. The molecular formula is C23H23ClN2O2S. The van der Waals surface area contributed by atoms with Crippen molar-refractivity contribution in [3.63, 3.8) is 0 Å². The maximum absolute atomic E-state index is 12.9. The van der Waals surface area contributed by atoms with Crippen molar-refractivity contribution >= 4 is 28.8 Å². The molecule has 0 aliphatic heterocycles. The molecule has 0 spiro atoms. The van der Waals surface area contributed by atoms with Gasteiger partial charge in [0.25, 0.3) is 0 Å². The lowest BCUT2D eigenvalue weighted by Crippen LogP contribution is -2.34. The van der Waals surface area contributed by atoms with Gasteiger partial charge in [0.15, 0.2) is 0 Å². The molecule has 1 amide bonds. The van der Waals surface area contributed by atoms with Crippen LogP contribution >= 0.6 is 22.9 Å². The van der Waals surface area contributed by atoms with E-state index in [2.05, 4.69) is 29.2 Å². The predicted octanol–water partition coefficient (Wildman–Crippen LogP) is 5.45. The Morgan fingerprint density at radius 2 is 2.03 bits per heavy atom. The maximum Gasteiger partial charge on any atom is 0.228 e. The number of amides is 1. The fourth-order valence-corrected chi connectivity index (χ4v) is 4.59. The molecule has 0 bridgehead atoms. The lowest BCUT2D eigenvalue weighted by Gasteiger charge is -2.33. The van der Waals surface area contributed by atoms with E-state index >= 15 is 0 Å². The van der Waals surface area contributed by atoms with Crippen molar-refractivity contribution in [1.29, 1.82) is 0 Å². The van der Waals surface area contributed by atoms with Crippen molar-refractivity contribution in [2.45, 2.75) is 38.3 Å². The molecule has 4 nitrogen and oxygen atoms in total. The molecule has 0 fully saturated rings. The number of nitrogens with zero attached hydrogens (tertiary/aromatic N) is 2. The van der Waals surface area contributed by atoms with Crippen LogP contribution in [-0.4, -0.2) is 22.8 Å². The lowest BCUT2D eigenvalue weighted by molar-refractivity contribution is -0.131. The van der Waals surface area contributed by atoms with Crippen molar-refractivity contribution < 1.29 is 9.53 Å². The number of thiazole rings is 1. The second kappa shape index (κ2) is 8.97. The van der Waals surface area contributed by atoms with E-state index in [0.717, 1.165) is 35.7 Å². The van der Waals surface area contributed by atoms with Crippen molar-refractivity contribution in [1.82, 2.24) is 9.88 Å². The normalized spacial score (nSPS) is 15.6. The molecule has 1 aromatic heterocycles. The number of aryl methyl sites for hydroxylation is 1. The first kappa shape index (κ1) is 19.9. The standard InChI is InChI=1S/C23H23ClN2O2S/c1-26(21-8-4-6-16-5-2-3-7-20(16)21)23(27)13-18-15-29-22(25-18)14-28-19-11-9-17(24)10-12-19/h2-3,5,7,9-12,15,21H,4,6,8,13-14H2,1H3. The first-order valence-electron chi connectivity index (χ1n) is 9.75. The Morgan fingerprint density at radius 1 is 1.24 bits per heavy atom. The molecule has 1 unspecified atom stereocenters. The molecule has 0 saturated heterocycles. The van der Waals surface area contributed by atoms with Gasteiger partial charge in [-0.3, -0.25) is 4.79 Å². The third kappa shape index (κ3) is 4.80. The molecule has 1 aliphatic rings. The number of hydrogen-bond acceptors (Lipinski definition) is 4. The van der Waals surface area contributed by atoms with Gasteiger partial charge >= 0.3 is 0 Å². The number of aromatic nitrogens is 1. The van der Waals surface area contributed by atoms with E-state index in [1.165, 1.54) is 22.5 Å². The first-order valence-corrected chi connectivity index (χ1v) is 11.0. The third-order valence-electron chi connectivity index (χ3n) is 5.31. The van der Waals surface area contributed by atoms with E-state index in [0.29, 0.717) is 18.1 Å². The molecule has 6 heteroatoms. The Labute approximate surface area is 180 Å². The van der Waals surface area contributed by atoms with E-state index in [1.807, 2.05) is 29.5 Å². The minimum Gasteiger partial charge on any atom is -0.486 e. The molecule has 0 saturated carbocycles. The van der Waals surface area contributed by atoms with Crippen LogP contribution in [0.4, 0.5) is 0 Å².